The Balaban J connectivity index is 0.000000455. The Morgan fingerprint density at radius 3 is 1.47 bits per heavy atom. The van der Waals surface area contributed by atoms with Crippen LogP contribution in [0.25, 0.3) is 16.9 Å². The standard InChI is InChI=1S/C34H21Cl4O2.2C5H5.Zr/c35-28-29(36)31(38)34(32(39)30(28)37)40-33(25-19-11-4-12-20-25)27(24-17-9-3-10-18-24)26(23-15-7-2-8-16-23)21-22-13-5-1-6-14-22;2*1-2-4-5-3-1;/h1-20,39H;2*1-3H,4H2;/p-1/b26-21?,33-27-;;;. The van der Waals surface area contributed by atoms with Crippen LogP contribution in [-0.4, -0.2) is 0 Å². The minimum Gasteiger partial charge on any atom is -0.869 e. The van der Waals surface area contributed by atoms with Crippen molar-refractivity contribution in [3.63, 3.8) is 0 Å². The van der Waals surface area contributed by atoms with Gasteiger partial charge in [0.1, 0.15) is 16.5 Å². The summed E-state index contributed by atoms with van der Waals surface area (Å²) in [4.78, 5) is 0. The van der Waals surface area contributed by atoms with Crippen molar-refractivity contribution in [2.45, 2.75) is 12.8 Å². The molecule has 0 saturated heterocycles. The van der Waals surface area contributed by atoms with Crippen LogP contribution in [0.3, 0.4) is 0 Å². The van der Waals surface area contributed by atoms with Crippen molar-refractivity contribution >= 4 is 63.3 Å². The van der Waals surface area contributed by atoms with Gasteiger partial charge in [-0.15, -0.1) is 0 Å². The van der Waals surface area contributed by atoms with E-state index < -0.39 is 5.75 Å². The summed E-state index contributed by atoms with van der Waals surface area (Å²) >= 11 is 25.3. The number of rotatable bonds is 7. The third kappa shape index (κ3) is 11.1. The van der Waals surface area contributed by atoms with Crippen LogP contribution in [0.4, 0.5) is 0 Å². The molecule has 5 aromatic rings. The van der Waals surface area contributed by atoms with Gasteiger partial charge in [0, 0.05) is 42.9 Å². The normalized spacial score (nSPS) is 13.0. The largest absolute Gasteiger partial charge is 0.869 e. The molecule has 0 saturated carbocycles. The Morgan fingerprint density at radius 2 is 1.02 bits per heavy atom. The molecule has 0 aromatic heterocycles. The van der Waals surface area contributed by atoms with Crippen molar-refractivity contribution in [3.8, 4) is 11.5 Å². The second-order valence-electron chi connectivity index (χ2n) is 10.7. The number of hydrogen-bond donors (Lipinski definition) is 0. The topological polar surface area (TPSA) is 32.3 Å². The van der Waals surface area contributed by atoms with E-state index in [1.54, 1.807) is 0 Å². The summed E-state index contributed by atoms with van der Waals surface area (Å²) in [6, 6.07) is 38.9. The summed E-state index contributed by atoms with van der Waals surface area (Å²) in [7, 11) is 0. The zero-order valence-electron chi connectivity index (χ0n) is 27.3. The first kappa shape index (κ1) is 40.0. The molecule has 0 aliphatic heterocycles. The van der Waals surface area contributed by atoms with Crippen LogP contribution in [0, 0.1) is 18.2 Å². The van der Waals surface area contributed by atoms with Crippen molar-refractivity contribution in [2.24, 2.45) is 0 Å². The summed E-state index contributed by atoms with van der Waals surface area (Å²) in [6.07, 6.45) is 23.6. The maximum Gasteiger partial charge on any atom is 0.143 e. The van der Waals surface area contributed by atoms with Gasteiger partial charge in [-0.3, -0.25) is 0 Å². The summed E-state index contributed by atoms with van der Waals surface area (Å²) in [5.41, 5.74) is 4.71. The molecule has 0 spiro atoms. The van der Waals surface area contributed by atoms with Crippen LogP contribution in [0.2, 0.25) is 20.1 Å². The van der Waals surface area contributed by atoms with Crippen molar-refractivity contribution in [1.29, 1.82) is 0 Å². The number of hydrogen-bond acceptors (Lipinski definition) is 2. The molecule has 2 aliphatic rings. The first-order valence-corrected chi connectivity index (χ1v) is 17.2. The van der Waals surface area contributed by atoms with E-state index in [0.29, 0.717) is 16.9 Å². The van der Waals surface area contributed by atoms with Crippen LogP contribution in [0.1, 0.15) is 35.1 Å². The van der Waals surface area contributed by atoms with Gasteiger partial charge in [0.15, 0.2) is 0 Å². The molecule has 0 atom stereocenters. The Hall–Kier alpha value is -3.82. The molecule has 0 unspecified atom stereocenters. The summed E-state index contributed by atoms with van der Waals surface area (Å²) in [5, 5.41) is 12.7. The average molecular weight is 824 g/mol. The minimum atomic E-state index is -0.667. The molecule has 5 aromatic carbocycles. The second kappa shape index (κ2) is 20.9. The SMILES string of the molecule is [C]1=CC=CC1.[C]1=CC=CC1.[O-]c1c(Cl)c(Cl)c(Cl)c(Cl)c1O/C(=C(\C(=[C]c1ccccc1)c1ccccc1)c1ccccc1)c1ccccc1.[Zr]. The van der Waals surface area contributed by atoms with Crippen LogP contribution in [0.15, 0.2) is 158 Å². The summed E-state index contributed by atoms with van der Waals surface area (Å²) in [5.74, 6) is -0.526. The molecule has 0 amide bonds. The van der Waals surface area contributed by atoms with Gasteiger partial charge in [0.05, 0.1) is 15.1 Å². The van der Waals surface area contributed by atoms with Crippen molar-refractivity contribution in [1.82, 2.24) is 0 Å². The maximum absolute atomic E-state index is 13.3. The molecule has 51 heavy (non-hydrogen) atoms. The van der Waals surface area contributed by atoms with Gasteiger partial charge in [0.2, 0.25) is 0 Å². The predicted molar refractivity (Wildman–Crippen MR) is 208 cm³/mol. The van der Waals surface area contributed by atoms with Gasteiger partial charge in [-0.25, -0.2) is 0 Å². The summed E-state index contributed by atoms with van der Waals surface area (Å²) in [6.45, 7) is 0. The van der Waals surface area contributed by atoms with Gasteiger partial charge in [-0.1, -0.05) is 204 Å². The first-order chi connectivity index (χ1) is 24.5. The van der Waals surface area contributed by atoms with Crippen LogP contribution in [0.5, 0.6) is 11.5 Å². The van der Waals surface area contributed by atoms with Gasteiger partial charge in [-0.05, 0) is 53.5 Å². The van der Waals surface area contributed by atoms with E-state index in [4.69, 9.17) is 51.1 Å². The van der Waals surface area contributed by atoms with Crippen molar-refractivity contribution < 1.29 is 36.0 Å². The van der Waals surface area contributed by atoms with Gasteiger partial charge in [-0.2, -0.15) is 0 Å². The van der Waals surface area contributed by atoms with Crippen molar-refractivity contribution in [3.05, 3.63) is 218 Å². The minimum absolute atomic E-state index is 0. The number of halogens is 4. The number of allylic oxidation sites excluding steroid dienone is 10. The third-order valence-corrected chi connectivity index (χ3v) is 9.01. The Kier molecular flexibility index (Phi) is 16.4. The molecule has 2 nitrogen and oxygen atoms in total. The smallest absolute Gasteiger partial charge is 0.143 e. The monoisotopic (exact) mass is 820 g/mol. The fourth-order valence-corrected chi connectivity index (χ4v) is 5.71. The Morgan fingerprint density at radius 1 is 0.569 bits per heavy atom. The van der Waals surface area contributed by atoms with Crippen LogP contribution >= 0.6 is 46.4 Å². The Bertz CT molecular complexity index is 1980. The molecule has 0 fully saturated rings. The maximum atomic E-state index is 13.3. The molecule has 0 N–H and O–H groups in total. The number of benzene rings is 5. The van der Waals surface area contributed by atoms with E-state index >= 15 is 0 Å². The van der Waals surface area contributed by atoms with Crippen LogP contribution < -0.4 is 9.84 Å². The molecule has 7 rings (SSSR count). The van der Waals surface area contributed by atoms with E-state index in [0.717, 1.165) is 35.1 Å². The fraction of sp³-hybridized carbons (Fsp3) is 0.0455. The van der Waals surface area contributed by atoms with E-state index in [1.807, 2.05) is 146 Å². The molecule has 2 aliphatic carbocycles. The average Bonchev–Trinajstić information content (AvgIpc) is 3.97. The zero-order chi connectivity index (χ0) is 35.1. The van der Waals surface area contributed by atoms with Crippen molar-refractivity contribution in [2.75, 3.05) is 0 Å². The van der Waals surface area contributed by atoms with E-state index in [-0.39, 0.29) is 52.0 Å². The zero-order valence-corrected chi connectivity index (χ0v) is 32.7. The van der Waals surface area contributed by atoms with Gasteiger partial charge >= 0.3 is 0 Å². The molecule has 7 heteroatoms. The van der Waals surface area contributed by atoms with Crippen LogP contribution in [-0.2, 0) is 26.2 Å². The third-order valence-electron chi connectivity index (χ3n) is 7.24. The fourth-order valence-electron chi connectivity index (χ4n) is 4.85. The van der Waals surface area contributed by atoms with E-state index in [2.05, 4.69) is 30.4 Å². The van der Waals surface area contributed by atoms with Gasteiger partial charge in [0.25, 0.3) is 0 Å². The molecule has 3 radical (unpaired) electrons. The van der Waals surface area contributed by atoms with E-state index in [9.17, 15) is 5.11 Å². The second-order valence-corrected chi connectivity index (χ2v) is 12.2. The number of ether oxygens (including phenoxy) is 1. The quantitative estimate of drug-likeness (QED) is 0.0538. The predicted octanol–water partition coefficient (Wildman–Crippen LogP) is 12.9. The Labute approximate surface area is 339 Å². The molecule has 0 heterocycles. The molecule has 0 bridgehead atoms. The molecular formula is C44H30Cl4O2Zr-. The molecule has 251 valence electrons. The van der Waals surface area contributed by atoms with Gasteiger partial charge < -0.3 is 9.84 Å². The molecular weight excluding hydrogens is 794 g/mol. The first-order valence-electron chi connectivity index (χ1n) is 15.7. The van der Waals surface area contributed by atoms with E-state index in [1.165, 1.54) is 0 Å². The summed E-state index contributed by atoms with van der Waals surface area (Å²) < 4.78 is 6.48.